The number of aliphatic hydroxyl groups excluding tert-OH is 1. The monoisotopic (exact) mass is 270 g/mol. The lowest BCUT2D eigenvalue weighted by Gasteiger charge is -2.42. The van der Waals surface area contributed by atoms with Crippen molar-refractivity contribution in [1.29, 1.82) is 0 Å². The summed E-state index contributed by atoms with van der Waals surface area (Å²) in [6.45, 7) is 11.9. The highest BCUT2D eigenvalue weighted by Gasteiger charge is 2.34. The molecule has 0 saturated heterocycles. The standard InChI is InChI=1S/C16H34N2O/c1-6-9-17-15-7-8-16(3,4)10-14(15)12-18(5)11-13(2)19/h13-15,17,19H,6-12H2,1-5H3. The molecule has 1 aliphatic rings. The molecule has 0 bridgehead atoms. The van der Waals surface area contributed by atoms with Gasteiger partial charge in [0.25, 0.3) is 0 Å². The lowest BCUT2D eigenvalue weighted by Crippen LogP contribution is -2.47. The van der Waals surface area contributed by atoms with Gasteiger partial charge in [-0.15, -0.1) is 0 Å². The Morgan fingerprint density at radius 3 is 2.68 bits per heavy atom. The van der Waals surface area contributed by atoms with Gasteiger partial charge in [-0.3, -0.25) is 0 Å². The third-order valence-electron chi connectivity index (χ3n) is 4.29. The molecule has 0 aromatic heterocycles. The van der Waals surface area contributed by atoms with E-state index in [9.17, 15) is 5.11 Å². The van der Waals surface area contributed by atoms with E-state index in [1.807, 2.05) is 6.92 Å². The smallest absolute Gasteiger partial charge is 0.0638 e. The van der Waals surface area contributed by atoms with E-state index >= 15 is 0 Å². The van der Waals surface area contributed by atoms with E-state index in [1.165, 1.54) is 25.7 Å². The Hall–Kier alpha value is -0.120. The minimum absolute atomic E-state index is 0.233. The molecule has 114 valence electrons. The van der Waals surface area contributed by atoms with E-state index in [0.717, 1.165) is 19.6 Å². The van der Waals surface area contributed by atoms with Gasteiger partial charge in [-0.2, -0.15) is 0 Å². The Kier molecular flexibility index (Phi) is 6.78. The Morgan fingerprint density at radius 1 is 1.42 bits per heavy atom. The molecule has 19 heavy (non-hydrogen) atoms. The Balaban J connectivity index is 2.55. The summed E-state index contributed by atoms with van der Waals surface area (Å²) in [4.78, 5) is 2.29. The van der Waals surface area contributed by atoms with E-state index in [4.69, 9.17) is 0 Å². The first-order valence-electron chi connectivity index (χ1n) is 7.94. The van der Waals surface area contributed by atoms with Crippen molar-refractivity contribution in [1.82, 2.24) is 10.2 Å². The summed E-state index contributed by atoms with van der Waals surface area (Å²) in [5.74, 6) is 0.707. The number of hydrogen-bond acceptors (Lipinski definition) is 3. The van der Waals surface area contributed by atoms with Crippen LogP contribution in [-0.4, -0.2) is 48.8 Å². The van der Waals surface area contributed by atoms with E-state index in [2.05, 4.69) is 38.0 Å². The van der Waals surface area contributed by atoms with Gasteiger partial charge in [0.1, 0.15) is 0 Å². The highest BCUT2D eigenvalue weighted by Crippen LogP contribution is 2.39. The van der Waals surface area contributed by atoms with Crippen molar-refractivity contribution < 1.29 is 5.11 Å². The van der Waals surface area contributed by atoms with E-state index in [0.29, 0.717) is 17.4 Å². The first-order chi connectivity index (χ1) is 8.84. The van der Waals surface area contributed by atoms with Crippen molar-refractivity contribution in [2.75, 3.05) is 26.7 Å². The van der Waals surface area contributed by atoms with Crippen LogP contribution in [0, 0.1) is 11.3 Å². The first-order valence-corrected chi connectivity index (χ1v) is 7.94. The van der Waals surface area contributed by atoms with Gasteiger partial charge in [0, 0.05) is 19.1 Å². The SMILES string of the molecule is CCCNC1CCC(C)(C)CC1CN(C)CC(C)O. The van der Waals surface area contributed by atoms with Crippen LogP contribution in [0.25, 0.3) is 0 Å². The first kappa shape index (κ1) is 16.9. The van der Waals surface area contributed by atoms with Gasteiger partial charge in [0.05, 0.1) is 6.10 Å². The second-order valence-corrected chi connectivity index (χ2v) is 7.30. The fourth-order valence-corrected chi connectivity index (χ4v) is 3.45. The molecule has 1 rings (SSSR count). The maximum absolute atomic E-state index is 9.50. The number of hydrogen-bond donors (Lipinski definition) is 2. The van der Waals surface area contributed by atoms with Crippen LogP contribution in [0.2, 0.25) is 0 Å². The number of likely N-dealkylation sites (N-methyl/N-ethyl adjacent to an activating group) is 1. The van der Waals surface area contributed by atoms with Crippen molar-refractivity contribution in [3.63, 3.8) is 0 Å². The minimum atomic E-state index is -0.233. The van der Waals surface area contributed by atoms with Crippen LogP contribution >= 0.6 is 0 Å². The molecule has 3 heteroatoms. The Morgan fingerprint density at radius 2 is 2.11 bits per heavy atom. The van der Waals surface area contributed by atoms with Crippen molar-refractivity contribution in [2.45, 2.75) is 65.5 Å². The number of aliphatic hydroxyl groups is 1. The van der Waals surface area contributed by atoms with Crippen molar-refractivity contribution in [3.05, 3.63) is 0 Å². The van der Waals surface area contributed by atoms with Crippen LogP contribution in [0.15, 0.2) is 0 Å². The van der Waals surface area contributed by atoms with Gasteiger partial charge >= 0.3 is 0 Å². The summed E-state index contributed by atoms with van der Waals surface area (Å²) >= 11 is 0. The number of nitrogens with one attached hydrogen (secondary N) is 1. The zero-order valence-electron chi connectivity index (χ0n) is 13.6. The molecule has 0 amide bonds. The minimum Gasteiger partial charge on any atom is -0.392 e. The molecule has 0 aromatic carbocycles. The summed E-state index contributed by atoms with van der Waals surface area (Å²) in [6, 6.07) is 0.657. The highest BCUT2D eigenvalue weighted by atomic mass is 16.3. The average molecular weight is 270 g/mol. The molecule has 0 radical (unpaired) electrons. The molecular formula is C16H34N2O. The lowest BCUT2D eigenvalue weighted by molar-refractivity contribution is 0.0852. The van der Waals surface area contributed by atoms with Crippen LogP contribution in [0.1, 0.15) is 53.4 Å². The maximum atomic E-state index is 9.50. The molecule has 2 N–H and O–H groups in total. The fraction of sp³-hybridized carbons (Fsp3) is 1.00. The van der Waals surface area contributed by atoms with Gasteiger partial charge in [-0.25, -0.2) is 0 Å². The zero-order chi connectivity index (χ0) is 14.5. The summed E-state index contributed by atoms with van der Waals surface area (Å²) in [7, 11) is 2.13. The normalized spacial score (nSPS) is 28.6. The number of nitrogens with zero attached hydrogens (tertiary/aromatic N) is 1. The van der Waals surface area contributed by atoms with E-state index in [1.54, 1.807) is 0 Å². The van der Waals surface area contributed by atoms with Crippen LogP contribution in [0.3, 0.4) is 0 Å². The summed E-state index contributed by atoms with van der Waals surface area (Å²) in [5.41, 5.74) is 0.473. The Bertz CT molecular complexity index is 253. The van der Waals surface area contributed by atoms with Crippen molar-refractivity contribution in [3.8, 4) is 0 Å². The largest absolute Gasteiger partial charge is 0.392 e. The molecular weight excluding hydrogens is 236 g/mol. The van der Waals surface area contributed by atoms with Crippen molar-refractivity contribution in [2.24, 2.45) is 11.3 Å². The second kappa shape index (κ2) is 7.61. The molecule has 0 spiro atoms. The third-order valence-corrected chi connectivity index (χ3v) is 4.29. The quantitative estimate of drug-likeness (QED) is 0.746. The number of rotatable bonds is 7. The summed E-state index contributed by atoms with van der Waals surface area (Å²) < 4.78 is 0. The molecule has 0 aromatic rings. The summed E-state index contributed by atoms with van der Waals surface area (Å²) in [5, 5.41) is 13.2. The highest BCUT2D eigenvalue weighted by molar-refractivity contribution is 4.90. The second-order valence-electron chi connectivity index (χ2n) is 7.30. The zero-order valence-corrected chi connectivity index (χ0v) is 13.6. The molecule has 1 fully saturated rings. The van der Waals surface area contributed by atoms with Crippen LogP contribution in [-0.2, 0) is 0 Å². The van der Waals surface area contributed by atoms with Crippen LogP contribution in [0.5, 0.6) is 0 Å². The maximum Gasteiger partial charge on any atom is 0.0638 e. The van der Waals surface area contributed by atoms with Crippen LogP contribution < -0.4 is 5.32 Å². The van der Waals surface area contributed by atoms with E-state index in [-0.39, 0.29) is 6.10 Å². The predicted molar refractivity (Wildman–Crippen MR) is 82.4 cm³/mol. The van der Waals surface area contributed by atoms with Gasteiger partial charge in [0.2, 0.25) is 0 Å². The van der Waals surface area contributed by atoms with E-state index < -0.39 is 0 Å². The van der Waals surface area contributed by atoms with Gasteiger partial charge in [-0.05, 0) is 57.5 Å². The molecule has 0 heterocycles. The van der Waals surface area contributed by atoms with Gasteiger partial charge < -0.3 is 15.3 Å². The van der Waals surface area contributed by atoms with Gasteiger partial charge in [0.15, 0.2) is 0 Å². The topological polar surface area (TPSA) is 35.5 Å². The average Bonchev–Trinajstić information content (AvgIpc) is 2.26. The molecule has 3 atom stereocenters. The molecule has 3 nitrogen and oxygen atoms in total. The van der Waals surface area contributed by atoms with Crippen molar-refractivity contribution >= 4 is 0 Å². The van der Waals surface area contributed by atoms with Gasteiger partial charge in [-0.1, -0.05) is 20.8 Å². The lowest BCUT2D eigenvalue weighted by atomic mass is 9.69. The summed E-state index contributed by atoms with van der Waals surface area (Å²) in [6.07, 6.45) is 4.88. The van der Waals surface area contributed by atoms with Crippen LogP contribution in [0.4, 0.5) is 0 Å². The molecule has 0 aliphatic heterocycles. The third kappa shape index (κ3) is 6.24. The molecule has 1 aliphatic carbocycles. The predicted octanol–water partition coefficient (Wildman–Crippen LogP) is 2.49. The Labute approximate surface area is 119 Å². The molecule has 1 saturated carbocycles. The fourth-order valence-electron chi connectivity index (χ4n) is 3.45. The molecule has 3 unspecified atom stereocenters.